The number of imidazole rings is 2. The minimum absolute atomic E-state index is 0.101. The first kappa shape index (κ1) is 47.3. The number of fused-ring (bicyclic) bond motifs is 2. The van der Waals surface area contributed by atoms with E-state index in [2.05, 4.69) is 20.2 Å². The minimum atomic E-state index is -1.09. The molecular weight excluding hydrogens is 847 g/mol. The molecule has 0 saturated carbocycles. The first-order chi connectivity index (χ1) is 30.9. The Morgan fingerprint density at radius 3 is 1.45 bits per heavy atom. The van der Waals surface area contributed by atoms with Crippen LogP contribution in [0.4, 0.5) is 8.78 Å². The molecule has 2 aromatic carbocycles. The summed E-state index contributed by atoms with van der Waals surface area (Å²) in [6.45, 7) is 20.2. The van der Waals surface area contributed by atoms with Crippen molar-refractivity contribution in [3.8, 4) is 22.5 Å². The van der Waals surface area contributed by atoms with Crippen LogP contribution in [0.3, 0.4) is 0 Å². The summed E-state index contributed by atoms with van der Waals surface area (Å²) < 4.78 is 29.9. The van der Waals surface area contributed by atoms with Crippen LogP contribution in [-0.4, -0.2) is 134 Å². The van der Waals surface area contributed by atoms with Crippen molar-refractivity contribution < 1.29 is 33.1 Å². The predicted molar refractivity (Wildman–Crippen MR) is 246 cm³/mol. The number of amides is 4. The van der Waals surface area contributed by atoms with Gasteiger partial charge in [-0.15, -0.1) is 0 Å². The van der Waals surface area contributed by atoms with Gasteiger partial charge in [-0.1, -0.05) is 27.7 Å². The molecule has 2 saturated heterocycles. The second-order valence-electron chi connectivity index (χ2n) is 19.4. The Hall–Kier alpha value is -6.62. The van der Waals surface area contributed by atoms with Gasteiger partial charge in [0.15, 0.2) is 11.3 Å². The summed E-state index contributed by atoms with van der Waals surface area (Å²) in [6, 6.07) is 16.1. The van der Waals surface area contributed by atoms with Gasteiger partial charge >= 0.3 is 0 Å². The summed E-state index contributed by atoms with van der Waals surface area (Å²) in [6.07, 6.45) is 3.19. The maximum atomic E-state index is 13.6. The number of nitrogens with zero attached hydrogens (tertiary/aromatic N) is 10. The van der Waals surface area contributed by atoms with Crippen LogP contribution in [0.15, 0.2) is 73.1 Å². The van der Waals surface area contributed by atoms with E-state index in [1.54, 1.807) is 109 Å². The monoisotopic (exact) mass is 904 g/mol. The Bertz CT molecular complexity index is 2830. The van der Waals surface area contributed by atoms with Crippen molar-refractivity contribution in [2.24, 2.45) is 0 Å². The Labute approximate surface area is 383 Å². The molecule has 8 rings (SSSR count). The van der Waals surface area contributed by atoms with E-state index in [0.29, 0.717) is 48.9 Å². The molecule has 2 aliphatic heterocycles. The zero-order chi connectivity index (χ0) is 48.2. The largest absolute Gasteiger partial charge is 0.389 e. The van der Waals surface area contributed by atoms with Gasteiger partial charge in [-0.05, 0) is 114 Å². The number of rotatable bonds is 8. The second-order valence-corrected chi connectivity index (χ2v) is 19.4. The van der Waals surface area contributed by atoms with Crippen molar-refractivity contribution in [2.45, 2.75) is 97.8 Å². The topological polar surface area (TPSA) is 162 Å². The molecule has 0 radical (unpaired) electrons. The summed E-state index contributed by atoms with van der Waals surface area (Å²) >= 11 is 0. The molecule has 17 heteroatoms. The van der Waals surface area contributed by atoms with Gasteiger partial charge in [0.25, 0.3) is 11.8 Å². The number of hydrogen-bond donors (Lipinski definition) is 1. The van der Waals surface area contributed by atoms with Crippen LogP contribution >= 0.6 is 0 Å². The quantitative estimate of drug-likeness (QED) is 0.172. The fourth-order valence-corrected chi connectivity index (χ4v) is 8.50. The van der Waals surface area contributed by atoms with Crippen molar-refractivity contribution in [3.63, 3.8) is 0 Å². The van der Waals surface area contributed by atoms with Crippen LogP contribution in [0.25, 0.3) is 33.8 Å². The molecule has 6 heterocycles. The SMILES string of the molecule is CC(C)c1cc(-c2ccc(F)cc2)nn2cc(C(=O)N3CCN(C)C(=O)C3(C)C)nc12.CC(C)c1cc(-c2ccc(F)cc2)nn2cc(C(=O)N3CCN(CC(C)(C)O)C(=O)C3(C)C)nc12. The standard InChI is InChI=1S/C26H32FN5O3.C23H26FN5O2/c1-16(2)19-13-20(17-7-9-18(27)10-8-17)29-32-14-21(28-22(19)32)23(33)31-12-11-30(15-25(3,4)35)24(34)26(31,5)6;1-14(2)17-12-18(15-6-8-16(24)9-7-15)26-29-13-19(25-20(17)29)21(30)28-11-10-27(5)22(31)23(28,3)4/h7-10,13-14,16,35H,11-12,15H2,1-6H3;6-9,12-14H,10-11H2,1-5H3. The minimum Gasteiger partial charge on any atom is -0.389 e. The summed E-state index contributed by atoms with van der Waals surface area (Å²) in [5, 5.41) is 19.4. The van der Waals surface area contributed by atoms with Crippen LogP contribution < -0.4 is 0 Å². The van der Waals surface area contributed by atoms with E-state index in [1.807, 2.05) is 39.8 Å². The van der Waals surface area contributed by atoms with Crippen LogP contribution in [0, 0.1) is 11.6 Å². The van der Waals surface area contributed by atoms with Gasteiger partial charge in [0.2, 0.25) is 11.8 Å². The fraction of sp³-hybridized carbons (Fsp3) is 0.429. The molecule has 0 unspecified atom stereocenters. The van der Waals surface area contributed by atoms with Gasteiger partial charge in [0.05, 0.1) is 29.4 Å². The van der Waals surface area contributed by atoms with Crippen LogP contribution in [0.1, 0.15) is 113 Å². The third kappa shape index (κ3) is 9.26. The molecule has 4 amide bonds. The van der Waals surface area contributed by atoms with Crippen LogP contribution in [0.5, 0.6) is 0 Å². The molecule has 6 aromatic rings. The normalized spacial score (nSPS) is 16.4. The predicted octanol–water partition coefficient (Wildman–Crippen LogP) is 6.84. The number of benzene rings is 2. The first-order valence-electron chi connectivity index (χ1n) is 22.1. The zero-order valence-corrected chi connectivity index (χ0v) is 39.4. The summed E-state index contributed by atoms with van der Waals surface area (Å²) in [5.74, 6) is -1.36. The van der Waals surface area contributed by atoms with Crippen LogP contribution in [0.2, 0.25) is 0 Å². The van der Waals surface area contributed by atoms with Gasteiger partial charge in [0.1, 0.15) is 34.1 Å². The van der Waals surface area contributed by atoms with Gasteiger partial charge in [-0.3, -0.25) is 19.2 Å². The Balaban J connectivity index is 0.000000198. The molecule has 15 nitrogen and oxygen atoms in total. The van der Waals surface area contributed by atoms with E-state index < -0.39 is 16.7 Å². The highest BCUT2D eigenvalue weighted by Gasteiger charge is 2.46. The van der Waals surface area contributed by atoms with E-state index >= 15 is 0 Å². The van der Waals surface area contributed by atoms with Crippen molar-refractivity contribution in [3.05, 3.63) is 107 Å². The highest BCUT2D eigenvalue weighted by atomic mass is 19.1. The lowest BCUT2D eigenvalue weighted by Gasteiger charge is -2.46. The first-order valence-corrected chi connectivity index (χ1v) is 22.1. The molecule has 4 aromatic heterocycles. The maximum absolute atomic E-state index is 13.6. The third-order valence-electron chi connectivity index (χ3n) is 12.2. The molecule has 2 aliphatic rings. The number of carbonyl (C=O) groups is 4. The van der Waals surface area contributed by atoms with Gasteiger partial charge in [-0.2, -0.15) is 10.2 Å². The maximum Gasteiger partial charge on any atom is 0.275 e. The summed E-state index contributed by atoms with van der Waals surface area (Å²) in [4.78, 5) is 68.2. The number of carbonyl (C=O) groups excluding carboxylic acids is 4. The van der Waals surface area contributed by atoms with E-state index in [1.165, 1.54) is 29.2 Å². The van der Waals surface area contributed by atoms with E-state index in [0.717, 1.165) is 22.3 Å². The van der Waals surface area contributed by atoms with Crippen molar-refractivity contribution in [2.75, 3.05) is 39.8 Å². The average molecular weight is 905 g/mol. The average Bonchev–Trinajstić information content (AvgIpc) is 3.89. The van der Waals surface area contributed by atoms with Crippen molar-refractivity contribution >= 4 is 34.9 Å². The second kappa shape index (κ2) is 17.6. The zero-order valence-electron chi connectivity index (χ0n) is 39.4. The molecule has 0 aliphatic carbocycles. The molecule has 0 bridgehead atoms. The van der Waals surface area contributed by atoms with Gasteiger partial charge in [0, 0.05) is 62.0 Å². The smallest absolute Gasteiger partial charge is 0.275 e. The summed E-state index contributed by atoms with van der Waals surface area (Å²) in [5.41, 5.74) is 3.23. The Morgan fingerprint density at radius 1 is 0.667 bits per heavy atom. The van der Waals surface area contributed by atoms with E-state index in [4.69, 9.17) is 0 Å². The molecule has 0 spiro atoms. The molecule has 348 valence electrons. The molecule has 66 heavy (non-hydrogen) atoms. The van der Waals surface area contributed by atoms with Crippen molar-refractivity contribution in [1.29, 1.82) is 0 Å². The lowest BCUT2D eigenvalue weighted by atomic mass is 9.95. The number of hydrogen-bond acceptors (Lipinski definition) is 9. The molecule has 0 atom stereocenters. The molecule has 2 fully saturated rings. The van der Waals surface area contributed by atoms with E-state index in [-0.39, 0.29) is 65.0 Å². The Morgan fingerprint density at radius 2 is 1.06 bits per heavy atom. The number of aliphatic hydroxyl groups is 1. The molecular formula is C49H58F2N10O5. The number of piperazine rings is 2. The van der Waals surface area contributed by atoms with Gasteiger partial charge in [-0.25, -0.2) is 27.8 Å². The molecule has 1 N–H and O–H groups in total. The van der Waals surface area contributed by atoms with E-state index in [9.17, 15) is 33.1 Å². The number of aromatic nitrogens is 6. The van der Waals surface area contributed by atoms with Gasteiger partial charge < -0.3 is 24.7 Å². The summed E-state index contributed by atoms with van der Waals surface area (Å²) in [7, 11) is 1.74. The number of β-amino-alcohol motifs (C(OH)–C–C–N with tert-alkyl or cyclic N) is 1. The fourth-order valence-electron chi connectivity index (χ4n) is 8.50. The number of halogens is 2. The Kier molecular flexibility index (Phi) is 12.7. The lowest BCUT2D eigenvalue weighted by molar-refractivity contribution is -0.149. The van der Waals surface area contributed by atoms with Crippen molar-refractivity contribution in [1.82, 2.24) is 48.8 Å². The number of likely N-dealkylation sites (N-methyl/N-ethyl adjacent to an activating group) is 1. The lowest BCUT2D eigenvalue weighted by Crippen LogP contribution is -2.65. The highest BCUT2D eigenvalue weighted by molar-refractivity contribution is 6.00. The van der Waals surface area contributed by atoms with Crippen LogP contribution in [-0.2, 0) is 9.59 Å². The third-order valence-corrected chi connectivity index (χ3v) is 12.2. The highest BCUT2D eigenvalue weighted by Crippen LogP contribution is 2.31.